The molecule has 2 saturated heterocycles. The van der Waals surface area contributed by atoms with E-state index in [4.69, 9.17) is 26.3 Å². The van der Waals surface area contributed by atoms with Crippen molar-refractivity contribution in [3.05, 3.63) is 72.0 Å². The largest absolute Gasteiger partial charge is 0.463 e. The van der Waals surface area contributed by atoms with Crippen LogP contribution in [-0.4, -0.2) is 77.6 Å². The zero-order chi connectivity index (χ0) is 32.0. The molecule has 2 aliphatic heterocycles. The molecule has 3 fully saturated rings. The van der Waals surface area contributed by atoms with Gasteiger partial charge >= 0.3 is 6.01 Å². The Labute approximate surface area is 273 Å². The molecule has 8 nitrogen and oxygen atoms in total. The summed E-state index contributed by atoms with van der Waals surface area (Å²) in [7, 11) is 2.17. The van der Waals surface area contributed by atoms with Gasteiger partial charge in [0.15, 0.2) is 5.82 Å². The number of nitrogens with zero attached hydrogens (tertiary/aromatic N) is 6. The number of hydrogen-bond acceptors (Lipinski definition) is 7. The molecule has 3 atom stereocenters. The first-order valence-electron chi connectivity index (χ1n) is 15.9. The summed E-state index contributed by atoms with van der Waals surface area (Å²) in [6.45, 7) is 6.31. The summed E-state index contributed by atoms with van der Waals surface area (Å²) in [6.07, 6.45) is 5.85. The van der Waals surface area contributed by atoms with Gasteiger partial charge in [-0.1, -0.05) is 61.0 Å². The minimum absolute atomic E-state index is 0.0297. The van der Waals surface area contributed by atoms with Crippen LogP contribution in [0.1, 0.15) is 32.1 Å². The second kappa shape index (κ2) is 12.2. The Kier molecular flexibility index (Phi) is 8.04. The molecule has 0 bridgehead atoms. The highest BCUT2D eigenvalue weighted by molar-refractivity contribution is 6.36. The molecular weight excluding hydrogens is 603 g/mol. The lowest BCUT2D eigenvalue weighted by molar-refractivity contribution is -0.128. The predicted octanol–water partition coefficient (Wildman–Crippen LogP) is 6.61. The number of halogens is 2. The van der Waals surface area contributed by atoms with E-state index in [2.05, 4.69) is 24.6 Å². The number of amides is 1. The Morgan fingerprint density at radius 3 is 2.78 bits per heavy atom. The lowest BCUT2D eigenvalue weighted by atomic mass is 9.83. The molecule has 46 heavy (non-hydrogen) atoms. The van der Waals surface area contributed by atoms with Crippen LogP contribution in [0.2, 0.25) is 5.02 Å². The molecule has 0 radical (unpaired) electrons. The molecule has 7 rings (SSSR count). The van der Waals surface area contributed by atoms with Gasteiger partial charge in [-0.3, -0.25) is 4.79 Å². The average molecular weight is 639 g/mol. The molecule has 0 N–H and O–H groups in total. The highest BCUT2D eigenvalue weighted by atomic mass is 35.5. The molecule has 1 aromatic heterocycles. The number of benzene rings is 3. The number of carbonyl (C=O) groups is 1. The van der Waals surface area contributed by atoms with E-state index in [1.165, 1.54) is 6.08 Å². The summed E-state index contributed by atoms with van der Waals surface area (Å²) in [5.74, 6) is -0.170. The van der Waals surface area contributed by atoms with Gasteiger partial charge < -0.3 is 19.4 Å². The SMILES string of the molecule is C=CC(=O)N1CCN(c2nc(OCC34CCCC3N(C)CC4)nc3c(F)c(-c4cccc5cccc(Cl)c45)ccc23)C[C@@H]1CC#N. The van der Waals surface area contributed by atoms with E-state index >= 15 is 4.39 Å². The number of anilines is 1. The molecule has 3 heterocycles. The molecule has 4 aromatic rings. The summed E-state index contributed by atoms with van der Waals surface area (Å²) in [6, 6.07) is 17.4. The van der Waals surface area contributed by atoms with E-state index in [-0.39, 0.29) is 35.3 Å². The molecule has 10 heteroatoms. The van der Waals surface area contributed by atoms with Gasteiger partial charge in [0.2, 0.25) is 5.91 Å². The third-order valence-electron chi connectivity index (χ3n) is 10.3. The van der Waals surface area contributed by atoms with E-state index in [0.29, 0.717) is 59.6 Å². The zero-order valence-corrected chi connectivity index (χ0v) is 26.6. The molecule has 1 amide bonds. The molecule has 1 aliphatic carbocycles. The fraction of sp³-hybridized carbons (Fsp3) is 0.389. The van der Waals surface area contributed by atoms with Crippen molar-refractivity contribution < 1.29 is 13.9 Å². The second-order valence-electron chi connectivity index (χ2n) is 12.8. The van der Waals surface area contributed by atoms with Crippen molar-refractivity contribution in [2.45, 2.75) is 44.2 Å². The van der Waals surface area contributed by atoms with Crippen LogP contribution in [0.4, 0.5) is 10.2 Å². The van der Waals surface area contributed by atoms with Crippen molar-refractivity contribution in [1.29, 1.82) is 5.26 Å². The highest BCUT2D eigenvalue weighted by Gasteiger charge is 2.49. The molecule has 3 aromatic carbocycles. The Hall–Kier alpha value is -4.26. The Morgan fingerprint density at radius 1 is 1.15 bits per heavy atom. The van der Waals surface area contributed by atoms with Crippen LogP contribution in [0.3, 0.4) is 0 Å². The molecule has 2 unspecified atom stereocenters. The van der Waals surface area contributed by atoms with Crippen molar-refractivity contribution in [2.75, 3.05) is 44.7 Å². The van der Waals surface area contributed by atoms with E-state index in [0.717, 1.165) is 43.0 Å². The Balaban J connectivity index is 1.33. The maximum atomic E-state index is 16.8. The summed E-state index contributed by atoms with van der Waals surface area (Å²) in [5, 5.41) is 12.3. The van der Waals surface area contributed by atoms with E-state index in [1.54, 1.807) is 11.0 Å². The fourth-order valence-corrected chi connectivity index (χ4v) is 8.28. The average Bonchev–Trinajstić information content (AvgIpc) is 3.63. The second-order valence-corrected chi connectivity index (χ2v) is 13.2. The number of nitriles is 1. The topological polar surface area (TPSA) is 85.6 Å². The number of ether oxygens (including phenoxy) is 1. The minimum atomic E-state index is -0.482. The molecule has 1 saturated carbocycles. The maximum absolute atomic E-state index is 16.8. The quantitative estimate of drug-likeness (QED) is 0.211. The van der Waals surface area contributed by atoms with Crippen molar-refractivity contribution in [2.24, 2.45) is 5.41 Å². The molecule has 3 aliphatic rings. The van der Waals surface area contributed by atoms with Gasteiger partial charge in [0, 0.05) is 52.4 Å². The van der Waals surface area contributed by atoms with Crippen molar-refractivity contribution in [1.82, 2.24) is 19.8 Å². The fourth-order valence-electron chi connectivity index (χ4n) is 8.00. The van der Waals surface area contributed by atoms with Gasteiger partial charge in [-0.2, -0.15) is 15.2 Å². The van der Waals surface area contributed by atoms with Crippen LogP contribution in [-0.2, 0) is 4.79 Å². The third kappa shape index (κ3) is 5.14. The van der Waals surface area contributed by atoms with Gasteiger partial charge in [-0.15, -0.1) is 0 Å². The first kappa shape index (κ1) is 30.4. The third-order valence-corrected chi connectivity index (χ3v) is 10.6. The van der Waals surface area contributed by atoms with Crippen molar-refractivity contribution in [3.63, 3.8) is 0 Å². The zero-order valence-electron chi connectivity index (χ0n) is 25.9. The number of likely N-dealkylation sites (tertiary alicyclic amines) is 1. The summed E-state index contributed by atoms with van der Waals surface area (Å²) >= 11 is 6.64. The highest BCUT2D eigenvalue weighted by Crippen LogP contribution is 2.48. The van der Waals surface area contributed by atoms with Gasteiger partial charge in [-0.05, 0) is 62.0 Å². The number of hydrogen-bond donors (Lipinski definition) is 0. The number of piperazine rings is 1. The van der Waals surface area contributed by atoms with Crippen LogP contribution < -0.4 is 9.64 Å². The molecule has 236 valence electrons. The normalized spacial score (nSPS) is 23.1. The minimum Gasteiger partial charge on any atom is -0.463 e. The lowest BCUT2D eigenvalue weighted by Crippen LogP contribution is -2.55. The Bertz CT molecular complexity index is 1890. The predicted molar refractivity (Wildman–Crippen MR) is 178 cm³/mol. The Morgan fingerprint density at radius 2 is 1.98 bits per heavy atom. The van der Waals surface area contributed by atoms with Crippen LogP contribution >= 0.6 is 11.6 Å². The number of rotatable bonds is 7. The monoisotopic (exact) mass is 638 g/mol. The smallest absolute Gasteiger partial charge is 0.319 e. The van der Waals surface area contributed by atoms with Crippen molar-refractivity contribution in [3.8, 4) is 23.2 Å². The first-order chi connectivity index (χ1) is 22.3. The summed E-state index contributed by atoms with van der Waals surface area (Å²) in [5.41, 5.74) is 1.25. The van der Waals surface area contributed by atoms with Gasteiger partial charge in [0.05, 0.1) is 25.1 Å². The van der Waals surface area contributed by atoms with Crippen molar-refractivity contribution >= 4 is 45.0 Å². The van der Waals surface area contributed by atoms with E-state index in [9.17, 15) is 10.1 Å². The van der Waals surface area contributed by atoms with Gasteiger partial charge in [0.1, 0.15) is 11.3 Å². The number of fused-ring (bicyclic) bond motifs is 3. The lowest BCUT2D eigenvalue weighted by Gasteiger charge is -2.41. The summed E-state index contributed by atoms with van der Waals surface area (Å²) < 4.78 is 23.3. The van der Waals surface area contributed by atoms with Crippen LogP contribution in [0, 0.1) is 22.6 Å². The van der Waals surface area contributed by atoms with E-state index in [1.807, 2.05) is 47.4 Å². The molecule has 0 spiro atoms. The van der Waals surface area contributed by atoms with Gasteiger partial charge in [0.25, 0.3) is 0 Å². The standard InChI is InChI=1S/C36H36ClFN6O2/c1-3-30(45)44-20-19-43(21-24(44)14-17-39)34-27-13-12-26(25-9-4-7-23-8-5-10-28(37)31(23)25)32(38)33(27)40-35(41-34)46-22-36-15-6-11-29(36)42(2)18-16-36/h3-5,7-10,12-13,24,29H,1,6,11,14-16,18-22H2,2H3/t24-,29?,36?/m0/s1. The van der Waals surface area contributed by atoms with E-state index < -0.39 is 5.82 Å². The first-order valence-corrected chi connectivity index (χ1v) is 16.3. The van der Waals surface area contributed by atoms with Gasteiger partial charge in [-0.25, -0.2) is 4.39 Å². The number of carbonyl (C=O) groups excluding carboxylic acids is 1. The summed E-state index contributed by atoms with van der Waals surface area (Å²) in [4.78, 5) is 28.3. The van der Waals surface area contributed by atoms with Crippen LogP contribution in [0.25, 0.3) is 32.8 Å². The van der Waals surface area contributed by atoms with Crippen LogP contribution in [0.15, 0.2) is 61.2 Å². The number of aromatic nitrogens is 2. The maximum Gasteiger partial charge on any atom is 0.319 e. The molecular formula is C36H36ClFN6O2. The van der Waals surface area contributed by atoms with Crippen LogP contribution in [0.5, 0.6) is 6.01 Å².